The molecule has 5 heteroatoms. The van der Waals surface area contributed by atoms with Crippen molar-refractivity contribution >= 4 is 5.91 Å². The molecule has 1 aliphatic heterocycles. The number of carbonyl (C=O) groups is 1. The molecule has 2 N–H and O–H groups in total. The Morgan fingerprint density at radius 2 is 2.10 bits per heavy atom. The molecule has 1 saturated heterocycles. The fourth-order valence-electron chi connectivity index (χ4n) is 2.81. The van der Waals surface area contributed by atoms with Gasteiger partial charge in [0.05, 0.1) is 5.56 Å². The van der Waals surface area contributed by atoms with Gasteiger partial charge in [0.1, 0.15) is 12.0 Å². The minimum absolute atomic E-state index is 0.0706. The van der Waals surface area contributed by atoms with Gasteiger partial charge in [-0.2, -0.15) is 0 Å². The van der Waals surface area contributed by atoms with Crippen LogP contribution in [0.25, 0.3) is 0 Å². The van der Waals surface area contributed by atoms with Gasteiger partial charge >= 0.3 is 0 Å². The summed E-state index contributed by atoms with van der Waals surface area (Å²) in [5, 5.41) is 0. The van der Waals surface area contributed by atoms with E-state index in [0.29, 0.717) is 18.2 Å². The minimum atomic E-state index is 0.0706. The molecule has 0 saturated carbocycles. The molecular formula is C15H25N3O2. The third-order valence-electron chi connectivity index (χ3n) is 3.99. The maximum Gasteiger partial charge on any atom is 0.257 e. The van der Waals surface area contributed by atoms with Crippen LogP contribution < -0.4 is 5.73 Å². The van der Waals surface area contributed by atoms with E-state index in [1.54, 1.807) is 12.3 Å². The first-order valence-electron chi connectivity index (χ1n) is 7.44. The molecule has 1 aliphatic rings. The van der Waals surface area contributed by atoms with Gasteiger partial charge in [0.25, 0.3) is 5.91 Å². The van der Waals surface area contributed by atoms with Gasteiger partial charge in [-0.15, -0.1) is 0 Å². The highest BCUT2D eigenvalue weighted by Gasteiger charge is 2.26. The fraction of sp³-hybridized carbons (Fsp3) is 0.667. The summed E-state index contributed by atoms with van der Waals surface area (Å²) in [6.07, 6.45) is 3.82. The molecule has 1 aromatic rings. The van der Waals surface area contributed by atoms with Gasteiger partial charge in [0.15, 0.2) is 0 Å². The van der Waals surface area contributed by atoms with E-state index in [1.165, 1.54) is 0 Å². The van der Waals surface area contributed by atoms with Crippen LogP contribution in [0.3, 0.4) is 0 Å². The van der Waals surface area contributed by atoms with Crippen molar-refractivity contribution < 1.29 is 9.21 Å². The first-order valence-corrected chi connectivity index (χ1v) is 7.44. The van der Waals surface area contributed by atoms with Gasteiger partial charge in [-0.3, -0.25) is 9.69 Å². The molecule has 2 rings (SSSR count). The van der Waals surface area contributed by atoms with Crippen LogP contribution in [0.2, 0.25) is 0 Å². The normalized spacial score (nSPS) is 18.2. The summed E-state index contributed by atoms with van der Waals surface area (Å²) < 4.78 is 5.21. The quantitative estimate of drug-likeness (QED) is 0.886. The predicted octanol–water partition coefficient (Wildman–Crippen LogP) is 1.47. The zero-order chi connectivity index (χ0) is 14.5. The molecule has 1 aromatic heterocycles. The molecule has 0 radical (unpaired) electrons. The third-order valence-corrected chi connectivity index (χ3v) is 3.99. The van der Waals surface area contributed by atoms with E-state index in [1.807, 2.05) is 11.8 Å². The molecule has 1 atom stereocenters. The Balaban J connectivity index is 1.89. The number of carbonyl (C=O) groups excluding carboxylic acids is 1. The smallest absolute Gasteiger partial charge is 0.257 e. The Kier molecular flexibility index (Phi) is 5.20. The molecule has 0 aliphatic carbocycles. The van der Waals surface area contributed by atoms with Crippen LogP contribution in [-0.4, -0.2) is 54.5 Å². The van der Waals surface area contributed by atoms with Crippen molar-refractivity contribution in [2.24, 2.45) is 5.73 Å². The summed E-state index contributed by atoms with van der Waals surface area (Å²) in [6.45, 7) is 8.08. The molecule has 1 fully saturated rings. The van der Waals surface area contributed by atoms with Crippen LogP contribution in [0.5, 0.6) is 0 Å². The predicted molar refractivity (Wildman–Crippen MR) is 78.7 cm³/mol. The number of nitrogens with two attached hydrogens (primary N) is 1. The first-order chi connectivity index (χ1) is 9.65. The zero-order valence-corrected chi connectivity index (χ0v) is 12.5. The maximum atomic E-state index is 12.3. The second-order valence-electron chi connectivity index (χ2n) is 5.45. The Hall–Kier alpha value is -1.33. The van der Waals surface area contributed by atoms with Crippen molar-refractivity contribution in [1.82, 2.24) is 9.80 Å². The van der Waals surface area contributed by atoms with Crippen LogP contribution in [-0.2, 0) is 0 Å². The number of furan rings is 1. The van der Waals surface area contributed by atoms with Crippen LogP contribution in [0.1, 0.15) is 35.9 Å². The summed E-state index contributed by atoms with van der Waals surface area (Å²) in [5.41, 5.74) is 6.50. The minimum Gasteiger partial charge on any atom is -0.469 e. The van der Waals surface area contributed by atoms with E-state index in [9.17, 15) is 4.79 Å². The van der Waals surface area contributed by atoms with Gasteiger partial charge < -0.3 is 15.1 Å². The summed E-state index contributed by atoms with van der Waals surface area (Å²) in [5.74, 6) is 0.847. The number of nitrogens with zero attached hydrogens (tertiary/aromatic N) is 2. The van der Waals surface area contributed by atoms with Crippen LogP contribution in [0.4, 0.5) is 0 Å². The highest BCUT2D eigenvalue weighted by molar-refractivity contribution is 5.94. The molecule has 20 heavy (non-hydrogen) atoms. The number of piperazine rings is 1. The number of hydrogen-bond donors (Lipinski definition) is 1. The molecule has 1 amide bonds. The SMILES string of the molecule is CCCC(CN)N1CCN(C(=O)c2coc(C)c2)CC1. The molecule has 5 nitrogen and oxygen atoms in total. The lowest BCUT2D eigenvalue weighted by Crippen LogP contribution is -2.53. The second-order valence-corrected chi connectivity index (χ2v) is 5.45. The molecule has 0 aromatic carbocycles. The average molecular weight is 279 g/mol. The van der Waals surface area contributed by atoms with E-state index in [4.69, 9.17) is 10.2 Å². The lowest BCUT2D eigenvalue weighted by atomic mass is 10.1. The van der Waals surface area contributed by atoms with Gasteiger partial charge in [-0.05, 0) is 19.4 Å². The summed E-state index contributed by atoms with van der Waals surface area (Å²) in [7, 11) is 0. The zero-order valence-electron chi connectivity index (χ0n) is 12.5. The van der Waals surface area contributed by atoms with E-state index >= 15 is 0 Å². The van der Waals surface area contributed by atoms with Crippen LogP contribution >= 0.6 is 0 Å². The molecule has 2 heterocycles. The van der Waals surface area contributed by atoms with Gasteiger partial charge in [-0.25, -0.2) is 0 Å². The van der Waals surface area contributed by atoms with Crippen molar-refractivity contribution in [2.45, 2.75) is 32.7 Å². The van der Waals surface area contributed by atoms with Crippen molar-refractivity contribution in [3.63, 3.8) is 0 Å². The van der Waals surface area contributed by atoms with Gasteiger partial charge in [-0.1, -0.05) is 13.3 Å². The highest BCUT2D eigenvalue weighted by Crippen LogP contribution is 2.14. The van der Waals surface area contributed by atoms with E-state index < -0.39 is 0 Å². The standard InChI is InChI=1S/C15H25N3O2/c1-3-4-14(10-16)17-5-7-18(8-6-17)15(19)13-9-12(2)20-11-13/h9,11,14H,3-8,10,16H2,1-2H3. The topological polar surface area (TPSA) is 62.7 Å². The molecule has 1 unspecified atom stereocenters. The summed E-state index contributed by atoms with van der Waals surface area (Å²) in [4.78, 5) is 16.6. The van der Waals surface area contributed by atoms with Crippen LogP contribution in [0, 0.1) is 6.92 Å². The Bertz CT molecular complexity index is 436. The summed E-state index contributed by atoms with van der Waals surface area (Å²) in [6, 6.07) is 2.25. The molecule has 0 bridgehead atoms. The average Bonchev–Trinajstić information content (AvgIpc) is 2.91. The lowest BCUT2D eigenvalue weighted by Gasteiger charge is -2.38. The highest BCUT2D eigenvalue weighted by atomic mass is 16.3. The van der Waals surface area contributed by atoms with Crippen LogP contribution in [0.15, 0.2) is 16.7 Å². The molecule has 0 spiro atoms. The Morgan fingerprint density at radius 3 is 2.60 bits per heavy atom. The number of amides is 1. The molecular weight excluding hydrogens is 254 g/mol. The fourth-order valence-corrected chi connectivity index (χ4v) is 2.81. The van der Waals surface area contributed by atoms with Crippen molar-refractivity contribution in [2.75, 3.05) is 32.7 Å². The third kappa shape index (κ3) is 3.41. The van der Waals surface area contributed by atoms with E-state index in [-0.39, 0.29) is 5.91 Å². The number of rotatable bonds is 5. The maximum absolute atomic E-state index is 12.3. The van der Waals surface area contributed by atoms with Crippen molar-refractivity contribution in [3.8, 4) is 0 Å². The van der Waals surface area contributed by atoms with Gasteiger partial charge in [0, 0.05) is 38.8 Å². The van der Waals surface area contributed by atoms with Gasteiger partial charge in [0.2, 0.25) is 0 Å². The monoisotopic (exact) mass is 279 g/mol. The van der Waals surface area contributed by atoms with E-state index in [0.717, 1.165) is 44.8 Å². The lowest BCUT2D eigenvalue weighted by molar-refractivity contribution is 0.0565. The van der Waals surface area contributed by atoms with E-state index in [2.05, 4.69) is 11.8 Å². The largest absolute Gasteiger partial charge is 0.469 e. The first kappa shape index (κ1) is 15.1. The Morgan fingerprint density at radius 1 is 1.40 bits per heavy atom. The van der Waals surface area contributed by atoms with Crippen molar-refractivity contribution in [1.29, 1.82) is 0 Å². The van der Waals surface area contributed by atoms with Crippen molar-refractivity contribution in [3.05, 3.63) is 23.7 Å². The number of aryl methyl sites for hydroxylation is 1. The Labute approximate surface area is 120 Å². The second kappa shape index (κ2) is 6.90. The number of hydrogen-bond acceptors (Lipinski definition) is 4. The molecule has 112 valence electrons. The summed E-state index contributed by atoms with van der Waals surface area (Å²) >= 11 is 0.